The van der Waals surface area contributed by atoms with E-state index in [-0.39, 0.29) is 10.9 Å². The highest BCUT2D eigenvalue weighted by Gasteiger charge is 2.11. The maximum Gasteiger partial charge on any atom is 0.199 e. The van der Waals surface area contributed by atoms with Gasteiger partial charge < -0.3 is 5.73 Å². The molecule has 128 valence electrons. The molecule has 0 saturated heterocycles. The van der Waals surface area contributed by atoms with E-state index < -0.39 is 9.84 Å². The van der Waals surface area contributed by atoms with Gasteiger partial charge in [0.1, 0.15) is 0 Å². The topological polar surface area (TPSA) is 60.2 Å². The summed E-state index contributed by atoms with van der Waals surface area (Å²) in [7, 11) is -3.49. The molecule has 0 amide bonds. The quantitative estimate of drug-likeness (QED) is 0.728. The smallest absolute Gasteiger partial charge is 0.199 e. The van der Waals surface area contributed by atoms with Crippen LogP contribution in [0.5, 0.6) is 0 Å². The van der Waals surface area contributed by atoms with Crippen LogP contribution in [0.3, 0.4) is 0 Å². The van der Waals surface area contributed by atoms with Gasteiger partial charge in [0.25, 0.3) is 0 Å². The molecule has 0 aromatic heterocycles. The average Bonchev–Trinajstić information content (AvgIpc) is 2.65. The van der Waals surface area contributed by atoms with Crippen molar-refractivity contribution in [2.45, 2.75) is 23.8 Å². The lowest BCUT2D eigenvalue weighted by molar-refractivity contribution is 0.604. The molecule has 0 radical (unpaired) electrons. The Morgan fingerprint density at radius 3 is 2.32 bits per heavy atom. The van der Waals surface area contributed by atoms with Crippen molar-refractivity contribution in [3.05, 3.63) is 89.8 Å². The van der Waals surface area contributed by atoms with Crippen molar-refractivity contribution in [1.29, 1.82) is 0 Å². The third-order valence-electron chi connectivity index (χ3n) is 4.16. The highest BCUT2D eigenvalue weighted by atomic mass is 32.2. The molecule has 0 saturated carbocycles. The fraction of sp³-hybridized carbons (Fsp3) is 0.143. The van der Waals surface area contributed by atoms with Gasteiger partial charge in [0.2, 0.25) is 0 Å². The number of fused-ring (bicyclic) bond motifs is 1. The first kappa shape index (κ1) is 17.4. The minimum Gasteiger partial charge on any atom is -0.324 e. The SMILES string of the molecule is NC(C=CS(=O)(=O)c1ccc2ccccc2c1)CCc1ccccc1. The van der Waals surface area contributed by atoms with Gasteiger partial charge in [-0.05, 0) is 41.3 Å². The van der Waals surface area contributed by atoms with Crippen molar-refractivity contribution in [3.63, 3.8) is 0 Å². The summed E-state index contributed by atoms with van der Waals surface area (Å²) in [6.45, 7) is 0. The molecule has 0 aliphatic carbocycles. The molecule has 3 rings (SSSR count). The van der Waals surface area contributed by atoms with Gasteiger partial charge in [-0.2, -0.15) is 0 Å². The second-order valence-electron chi connectivity index (χ2n) is 6.07. The van der Waals surface area contributed by atoms with E-state index in [4.69, 9.17) is 5.73 Å². The Balaban J connectivity index is 1.69. The number of hydrogen-bond donors (Lipinski definition) is 1. The van der Waals surface area contributed by atoms with E-state index in [2.05, 4.69) is 0 Å². The number of hydrogen-bond acceptors (Lipinski definition) is 3. The van der Waals surface area contributed by atoms with Gasteiger partial charge in [0.15, 0.2) is 9.84 Å². The summed E-state index contributed by atoms with van der Waals surface area (Å²) in [5.41, 5.74) is 7.24. The summed E-state index contributed by atoms with van der Waals surface area (Å²) in [6.07, 6.45) is 3.10. The Morgan fingerprint density at radius 1 is 0.880 bits per heavy atom. The molecule has 25 heavy (non-hydrogen) atoms. The van der Waals surface area contributed by atoms with Crippen molar-refractivity contribution in [2.75, 3.05) is 0 Å². The summed E-state index contributed by atoms with van der Waals surface area (Å²) in [5, 5.41) is 3.16. The molecule has 0 aliphatic rings. The Kier molecular flexibility index (Phi) is 5.31. The van der Waals surface area contributed by atoms with E-state index in [9.17, 15) is 8.42 Å². The number of sulfone groups is 1. The molecule has 1 unspecified atom stereocenters. The van der Waals surface area contributed by atoms with E-state index in [0.29, 0.717) is 6.42 Å². The first-order valence-electron chi connectivity index (χ1n) is 8.26. The zero-order chi connectivity index (χ0) is 17.7. The van der Waals surface area contributed by atoms with Gasteiger partial charge in [-0.3, -0.25) is 0 Å². The average molecular weight is 351 g/mol. The largest absolute Gasteiger partial charge is 0.324 e. The zero-order valence-electron chi connectivity index (χ0n) is 13.9. The molecule has 2 N–H and O–H groups in total. The first-order valence-corrected chi connectivity index (χ1v) is 9.81. The lowest BCUT2D eigenvalue weighted by atomic mass is 10.1. The van der Waals surface area contributed by atoms with Crippen molar-refractivity contribution >= 4 is 20.6 Å². The van der Waals surface area contributed by atoms with Crippen LogP contribution in [0.25, 0.3) is 10.8 Å². The van der Waals surface area contributed by atoms with Crippen LogP contribution < -0.4 is 5.73 Å². The molecule has 3 aromatic rings. The Bertz CT molecular complexity index is 979. The molecular weight excluding hydrogens is 330 g/mol. The fourth-order valence-corrected chi connectivity index (χ4v) is 3.82. The predicted molar refractivity (Wildman–Crippen MR) is 103 cm³/mol. The second-order valence-corrected chi connectivity index (χ2v) is 7.90. The van der Waals surface area contributed by atoms with Gasteiger partial charge >= 0.3 is 0 Å². The van der Waals surface area contributed by atoms with Crippen molar-refractivity contribution in [3.8, 4) is 0 Å². The van der Waals surface area contributed by atoms with Gasteiger partial charge in [0, 0.05) is 11.4 Å². The summed E-state index contributed by atoms with van der Waals surface area (Å²) in [6, 6.07) is 22.6. The Labute approximate surface area is 148 Å². The van der Waals surface area contributed by atoms with Crippen LogP contribution in [-0.4, -0.2) is 14.5 Å². The minimum absolute atomic E-state index is 0.290. The van der Waals surface area contributed by atoms with Gasteiger partial charge in [-0.25, -0.2) is 8.42 Å². The van der Waals surface area contributed by atoms with E-state index in [0.717, 1.165) is 17.2 Å². The molecule has 4 heteroatoms. The van der Waals surface area contributed by atoms with Crippen LogP contribution in [-0.2, 0) is 16.3 Å². The van der Waals surface area contributed by atoms with Gasteiger partial charge in [0.05, 0.1) is 4.90 Å². The molecule has 1 atom stereocenters. The molecule has 0 heterocycles. The monoisotopic (exact) mass is 351 g/mol. The molecule has 0 fully saturated rings. The lowest BCUT2D eigenvalue weighted by Gasteiger charge is -2.07. The predicted octanol–water partition coefficient (Wildman–Crippen LogP) is 4.09. The normalized spacial score (nSPS) is 13.3. The van der Waals surface area contributed by atoms with Crippen molar-refractivity contribution in [1.82, 2.24) is 0 Å². The number of rotatable bonds is 6. The molecule has 0 aliphatic heterocycles. The summed E-state index contributed by atoms with van der Waals surface area (Å²) in [4.78, 5) is 0.290. The van der Waals surface area contributed by atoms with E-state index >= 15 is 0 Å². The van der Waals surface area contributed by atoms with Crippen LogP contribution in [0.2, 0.25) is 0 Å². The van der Waals surface area contributed by atoms with Crippen molar-refractivity contribution < 1.29 is 8.42 Å². The highest BCUT2D eigenvalue weighted by Crippen LogP contribution is 2.20. The number of aryl methyl sites for hydroxylation is 1. The third kappa shape index (κ3) is 4.56. The molecule has 0 spiro atoms. The number of benzene rings is 3. The summed E-state index contributed by atoms with van der Waals surface area (Å²) < 4.78 is 25.0. The molecule has 0 bridgehead atoms. The van der Waals surface area contributed by atoms with Crippen LogP contribution >= 0.6 is 0 Å². The van der Waals surface area contributed by atoms with E-state index in [1.165, 1.54) is 11.0 Å². The zero-order valence-corrected chi connectivity index (χ0v) is 14.7. The minimum atomic E-state index is -3.49. The van der Waals surface area contributed by atoms with Crippen LogP contribution in [0.1, 0.15) is 12.0 Å². The van der Waals surface area contributed by atoms with E-state index in [1.807, 2.05) is 60.7 Å². The lowest BCUT2D eigenvalue weighted by Crippen LogP contribution is -2.18. The highest BCUT2D eigenvalue weighted by molar-refractivity contribution is 7.94. The maximum atomic E-state index is 12.5. The maximum absolute atomic E-state index is 12.5. The fourth-order valence-electron chi connectivity index (χ4n) is 2.70. The van der Waals surface area contributed by atoms with Crippen LogP contribution in [0, 0.1) is 0 Å². The van der Waals surface area contributed by atoms with E-state index in [1.54, 1.807) is 18.2 Å². The number of nitrogens with two attached hydrogens (primary N) is 1. The van der Waals surface area contributed by atoms with Crippen LogP contribution in [0.15, 0.2) is 89.2 Å². The Hall–Kier alpha value is -2.43. The molecular formula is C21H21NO2S. The second kappa shape index (κ2) is 7.64. The summed E-state index contributed by atoms with van der Waals surface area (Å²) in [5.74, 6) is 0. The standard InChI is InChI=1S/C21H21NO2S/c22-20(12-10-17-6-2-1-3-7-17)14-15-25(23,24)21-13-11-18-8-4-5-9-19(18)16-21/h1-9,11,13-16,20H,10,12,22H2. The first-order chi connectivity index (χ1) is 12.0. The van der Waals surface area contributed by atoms with Gasteiger partial charge in [-0.1, -0.05) is 66.7 Å². The van der Waals surface area contributed by atoms with Crippen molar-refractivity contribution in [2.24, 2.45) is 5.73 Å². The van der Waals surface area contributed by atoms with Gasteiger partial charge in [-0.15, -0.1) is 0 Å². The Morgan fingerprint density at radius 2 is 1.56 bits per heavy atom. The third-order valence-corrected chi connectivity index (χ3v) is 5.59. The molecule has 3 aromatic carbocycles. The van der Waals surface area contributed by atoms with Crippen LogP contribution in [0.4, 0.5) is 0 Å². The molecule has 3 nitrogen and oxygen atoms in total. The summed E-state index contributed by atoms with van der Waals surface area (Å²) >= 11 is 0.